The van der Waals surface area contributed by atoms with E-state index in [1.54, 1.807) is 20.4 Å². The van der Waals surface area contributed by atoms with Crippen molar-refractivity contribution in [2.75, 3.05) is 53.5 Å². The number of carboxylic acids is 1. The van der Waals surface area contributed by atoms with Crippen molar-refractivity contribution in [2.24, 2.45) is 5.73 Å². The summed E-state index contributed by atoms with van der Waals surface area (Å²) in [6, 6.07) is 12.8. The number of benzene rings is 2. The Kier molecular flexibility index (Phi) is 15.2. The minimum absolute atomic E-state index is 0.000214. The van der Waals surface area contributed by atoms with Gasteiger partial charge in [0, 0.05) is 68.6 Å². The number of carbonyl (C=O) groups excluding carboxylic acids is 1. The molecule has 0 bridgehead atoms. The third-order valence-corrected chi connectivity index (χ3v) is 8.19. The molecule has 0 fully saturated rings. The minimum Gasteiger partial charge on any atom is -0.497 e. The smallest absolute Gasteiger partial charge is 0.323 e. The average molecular weight is 676 g/mol. The van der Waals surface area contributed by atoms with Gasteiger partial charge in [0.25, 0.3) is 5.91 Å². The lowest BCUT2D eigenvalue weighted by atomic mass is 9.91. The Bertz CT molecular complexity index is 1640. The molecule has 0 saturated carbocycles. The second-order valence-corrected chi connectivity index (χ2v) is 11.5. The number of anilines is 1. The average Bonchev–Trinajstić information content (AvgIpc) is 3.09. The molecule has 0 aliphatic carbocycles. The van der Waals surface area contributed by atoms with E-state index >= 15 is 0 Å². The predicted octanol–water partition coefficient (Wildman–Crippen LogP) is 4.36. The van der Waals surface area contributed by atoms with Gasteiger partial charge in [-0.1, -0.05) is 30.3 Å². The van der Waals surface area contributed by atoms with E-state index in [1.807, 2.05) is 44.2 Å². The Morgan fingerprint density at radius 2 is 1.65 bits per heavy atom. The molecule has 0 aliphatic rings. The van der Waals surface area contributed by atoms with Crippen molar-refractivity contribution in [1.82, 2.24) is 15.6 Å². The van der Waals surface area contributed by atoms with Gasteiger partial charge in [0.05, 0.1) is 27.4 Å². The highest BCUT2D eigenvalue weighted by Gasteiger charge is 2.19. The maximum absolute atomic E-state index is 13.3. The molecule has 3 rings (SSSR count). The first-order valence-electron chi connectivity index (χ1n) is 15.9. The van der Waals surface area contributed by atoms with Crippen molar-refractivity contribution in [3.63, 3.8) is 0 Å². The molecule has 6 N–H and O–H groups in total. The number of nitrogens with zero attached hydrogens (tertiary/aromatic N) is 1. The van der Waals surface area contributed by atoms with Crippen LogP contribution in [0.1, 0.15) is 39.7 Å². The van der Waals surface area contributed by atoms with E-state index in [0.717, 1.165) is 33.4 Å². The maximum atomic E-state index is 13.3. The lowest BCUT2D eigenvalue weighted by Crippen LogP contribution is -2.39. The Morgan fingerprint density at radius 1 is 0.959 bits per heavy atom. The number of carboxylic acid groups (broad SMARTS) is 1. The van der Waals surface area contributed by atoms with Crippen LogP contribution in [0.3, 0.4) is 0 Å². The standard InChI is InChI=1S/C37H49N5O7/c1-23(21-46-4)39-18-27(17-38)34(48-6)15-14-26-10-8-11-29(24(26)2)30-12-9-13-31(25(30)3)42-36(43)32-16-35(49-7)28(19-40-32)20-41-33(22-47-5)37(44)45/h8-13,15-17,19,23,33,39,41H,14,18,20-22,38H2,1-7H3,(H,42,43)(H,44,45)/b27-17-,34-15+. The fourth-order valence-corrected chi connectivity index (χ4v) is 5.34. The van der Waals surface area contributed by atoms with Gasteiger partial charge >= 0.3 is 5.97 Å². The van der Waals surface area contributed by atoms with Crippen LogP contribution in [-0.2, 0) is 32.0 Å². The van der Waals surface area contributed by atoms with Crippen molar-refractivity contribution in [2.45, 2.75) is 45.8 Å². The summed E-state index contributed by atoms with van der Waals surface area (Å²) in [6.45, 7) is 7.40. The number of nitrogens with two attached hydrogens (primary N) is 1. The first kappa shape index (κ1) is 38.7. The van der Waals surface area contributed by atoms with Gasteiger partial charge in [-0.2, -0.15) is 0 Å². The van der Waals surface area contributed by atoms with Crippen LogP contribution in [0.4, 0.5) is 5.69 Å². The molecule has 0 saturated heterocycles. The number of nitrogens with one attached hydrogen (secondary N) is 3. The Balaban J connectivity index is 1.80. The van der Waals surface area contributed by atoms with Crippen molar-refractivity contribution in [3.05, 3.63) is 100 Å². The van der Waals surface area contributed by atoms with Crippen LogP contribution in [-0.4, -0.2) is 82.2 Å². The van der Waals surface area contributed by atoms with Crippen LogP contribution < -0.4 is 26.4 Å². The highest BCUT2D eigenvalue weighted by Crippen LogP contribution is 2.33. The normalized spacial score (nSPS) is 13.1. The molecule has 12 heteroatoms. The van der Waals surface area contributed by atoms with Crippen molar-refractivity contribution in [3.8, 4) is 16.9 Å². The van der Waals surface area contributed by atoms with Gasteiger partial charge in [0.1, 0.15) is 23.2 Å². The molecular weight excluding hydrogens is 626 g/mol. The monoisotopic (exact) mass is 675 g/mol. The molecule has 2 unspecified atom stereocenters. The topological polar surface area (TPSA) is 166 Å². The Labute approximate surface area is 288 Å². The molecule has 2 atom stereocenters. The van der Waals surface area contributed by atoms with E-state index in [0.29, 0.717) is 42.3 Å². The molecule has 264 valence electrons. The largest absolute Gasteiger partial charge is 0.497 e. The minimum atomic E-state index is -1.03. The van der Waals surface area contributed by atoms with Crippen LogP contribution in [0.2, 0.25) is 0 Å². The zero-order valence-corrected chi connectivity index (χ0v) is 29.4. The lowest BCUT2D eigenvalue weighted by molar-refractivity contribution is -0.140. The van der Waals surface area contributed by atoms with Crippen molar-refractivity contribution >= 4 is 17.6 Å². The van der Waals surface area contributed by atoms with E-state index in [-0.39, 0.29) is 24.9 Å². The Morgan fingerprint density at radius 3 is 2.29 bits per heavy atom. The zero-order chi connectivity index (χ0) is 35.9. The summed E-state index contributed by atoms with van der Waals surface area (Å²) in [7, 11) is 6.22. The lowest BCUT2D eigenvalue weighted by Gasteiger charge is -2.17. The Hall–Kier alpha value is -4.75. The summed E-state index contributed by atoms with van der Waals surface area (Å²) in [5.41, 5.74) is 13.4. The summed E-state index contributed by atoms with van der Waals surface area (Å²) >= 11 is 0. The molecule has 12 nitrogen and oxygen atoms in total. The molecule has 0 spiro atoms. The van der Waals surface area contributed by atoms with E-state index in [1.165, 1.54) is 26.5 Å². The highest BCUT2D eigenvalue weighted by molar-refractivity contribution is 6.04. The van der Waals surface area contributed by atoms with Crippen LogP contribution in [0.5, 0.6) is 5.75 Å². The van der Waals surface area contributed by atoms with Crippen LogP contribution in [0.15, 0.2) is 72.3 Å². The van der Waals surface area contributed by atoms with E-state index in [2.05, 4.69) is 40.0 Å². The first-order valence-corrected chi connectivity index (χ1v) is 15.9. The van der Waals surface area contributed by atoms with Gasteiger partial charge in [-0.05, 0) is 67.2 Å². The molecule has 1 heterocycles. The predicted molar refractivity (Wildman–Crippen MR) is 191 cm³/mol. The quantitative estimate of drug-likeness (QED) is 0.0906. The van der Waals surface area contributed by atoms with E-state index < -0.39 is 17.9 Å². The number of pyridine rings is 1. The number of carbonyl (C=O) groups is 2. The summed E-state index contributed by atoms with van der Waals surface area (Å²) in [4.78, 5) is 29.1. The number of rotatable bonds is 19. The van der Waals surface area contributed by atoms with Gasteiger partial charge in [0.2, 0.25) is 0 Å². The third-order valence-electron chi connectivity index (χ3n) is 8.19. The number of hydrogen-bond acceptors (Lipinski definition) is 10. The highest BCUT2D eigenvalue weighted by atomic mass is 16.5. The van der Waals surface area contributed by atoms with Gasteiger partial charge < -0.3 is 40.4 Å². The fraction of sp³-hybridized carbons (Fsp3) is 0.378. The van der Waals surface area contributed by atoms with E-state index in [9.17, 15) is 14.7 Å². The molecule has 2 aromatic carbocycles. The van der Waals surface area contributed by atoms with Gasteiger partial charge in [-0.3, -0.25) is 19.9 Å². The van der Waals surface area contributed by atoms with Crippen molar-refractivity contribution < 1.29 is 33.6 Å². The van der Waals surface area contributed by atoms with Crippen LogP contribution >= 0.6 is 0 Å². The van der Waals surface area contributed by atoms with E-state index in [4.69, 9.17) is 24.7 Å². The number of hydrogen-bond donors (Lipinski definition) is 5. The second-order valence-electron chi connectivity index (χ2n) is 11.5. The molecule has 3 aromatic rings. The second kappa shape index (κ2) is 19.3. The molecule has 1 amide bonds. The number of methoxy groups -OCH3 is 4. The number of aromatic nitrogens is 1. The summed E-state index contributed by atoms with van der Waals surface area (Å²) in [5.74, 6) is -0.329. The van der Waals surface area contributed by atoms with Crippen LogP contribution in [0, 0.1) is 13.8 Å². The van der Waals surface area contributed by atoms with Gasteiger partial charge in [-0.15, -0.1) is 0 Å². The molecule has 49 heavy (non-hydrogen) atoms. The SMILES string of the molecule is COCC(C)NCC(=C/N)/C(=C\Cc1cccc(-c2cccc(NC(=O)c3cc(OC)c(CNC(COC)C(=O)O)cn3)c2C)c1C)OC. The molecule has 0 radical (unpaired) electrons. The maximum Gasteiger partial charge on any atom is 0.323 e. The zero-order valence-electron chi connectivity index (χ0n) is 29.4. The summed E-state index contributed by atoms with van der Waals surface area (Å²) in [5, 5.41) is 18.7. The molecule has 1 aromatic heterocycles. The van der Waals surface area contributed by atoms with Gasteiger partial charge in [-0.25, -0.2) is 0 Å². The summed E-state index contributed by atoms with van der Waals surface area (Å²) < 4.78 is 21.4. The third kappa shape index (κ3) is 10.6. The number of aliphatic carboxylic acids is 1. The molecular formula is C37H49N5O7. The number of ether oxygens (including phenoxy) is 4. The van der Waals surface area contributed by atoms with Crippen LogP contribution in [0.25, 0.3) is 11.1 Å². The summed E-state index contributed by atoms with van der Waals surface area (Å²) in [6.07, 6.45) is 5.72. The number of amides is 1. The molecule has 0 aliphatic heterocycles. The fourth-order valence-electron chi connectivity index (χ4n) is 5.34. The first-order chi connectivity index (χ1) is 23.6. The van der Waals surface area contributed by atoms with Crippen molar-refractivity contribution in [1.29, 1.82) is 0 Å². The number of allylic oxidation sites excluding steroid dienone is 1. The van der Waals surface area contributed by atoms with Gasteiger partial charge in [0.15, 0.2) is 0 Å².